The number of aliphatic imine (C=N–C) groups is 1. The van der Waals surface area contributed by atoms with Crippen molar-refractivity contribution in [1.29, 1.82) is 0 Å². The molecule has 0 bridgehead atoms. The number of ether oxygens (including phenoxy) is 2. The largest absolute Gasteiger partial charge is 0.486 e. The second-order valence-electron chi connectivity index (χ2n) is 7.98. The molecule has 0 aromatic heterocycles. The molecule has 3 fully saturated rings. The highest BCUT2D eigenvalue weighted by Gasteiger charge is 2.27. The van der Waals surface area contributed by atoms with Crippen molar-refractivity contribution in [3.05, 3.63) is 53.6 Å². The normalized spacial score (nSPS) is 18.6. The van der Waals surface area contributed by atoms with Gasteiger partial charge in [0.25, 0.3) is 5.91 Å². The maximum Gasteiger partial charge on any atom is 0.280 e. The Morgan fingerprint density at radius 3 is 2.67 bits per heavy atom. The third-order valence-corrected chi connectivity index (χ3v) is 5.49. The van der Waals surface area contributed by atoms with E-state index >= 15 is 0 Å². The summed E-state index contributed by atoms with van der Waals surface area (Å²) in [5.41, 5.74) is 3.78. The predicted molar refractivity (Wildman–Crippen MR) is 116 cm³/mol. The first-order valence-corrected chi connectivity index (χ1v) is 10.6. The number of hydrogen-bond donors (Lipinski definition) is 3. The fourth-order valence-corrected chi connectivity index (χ4v) is 3.63. The van der Waals surface area contributed by atoms with Gasteiger partial charge in [0.1, 0.15) is 11.9 Å². The van der Waals surface area contributed by atoms with Crippen LogP contribution in [0.3, 0.4) is 0 Å². The van der Waals surface area contributed by atoms with Crippen molar-refractivity contribution < 1.29 is 14.3 Å². The first-order chi connectivity index (χ1) is 14.7. The van der Waals surface area contributed by atoms with Gasteiger partial charge in [-0.1, -0.05) is 6.07 Å². The number of carbonyl (C=O) groups excluding carboxylic acids is 1. The SMILES string of the molecule is O=C(N=C1NCCCN1)c1ccc(Nc2cccc(OC3COC3)c2)c(C2CC2)c1. The Hall–Kier alpha value is -3.06. The van der Waals surface area contributed by atoms with Crippen LogP contribution in [0.5, 0.6) is 5.75 Å². The summed E-state index contributed by atoms with van der Waals surface area (Å²) in [5, 5.41) is 9.76. The van der Waals surface area contributed by atoms with Crippen molar-refractivity contribution >= 4 is 23.2 Å². The molecule has 3 aliphatic rings. The van der Waals surface area contributed by atoms with Gasteiger partial charge in [0.15, 0.2) is 5.96 Å². The van der Waals surface area contributed by atoms with E-state index in [9.17, 15) is 4.79 Å². The quantitative estimate of drug-likeness (QED) is 0.684. The number of guanidine groups is 1. The molecule has 2 saturated heterocycles. The molecule has 5 rings (SSSR count). The molecule has 0 atom stereocenters. The summed E-state index contributed by atoms with van der Waals surface area (Å²) in [6.45, 7) is 2.97. The molecule has 0 radical (unpaired) electrons. The summed E-state index contributed by atoms with van der Waals surface area (Å²) in [7, 11) is 0. The third kappa shape index (κ3) is 4.41. The molecule has 1 saturated carbocycles. The second-order valence-corrected chi connectivity index (χ2v) is 7.98. The van der Waals surface area contributed by atoms with Gasteiger partial charge < -0.3 is 25.4 Å². The lowest BCUT2D eigenvalue weighted by atomic mass is 10.0. The molecule has 3 N–H and O–H groups in total. The van der Waals surface area contributed by atoms with Gasteiger partial charge in [0, 0.05) is 36.1 Å². The molecule has 0 unspecified atom stereocenters. The molecule has 0 spiro atoms. The fraction of sp³-hybridized carbons (Fsp3) is 0.391. The number of rotatable bonds is 6. The highest BCUT2D eigenvalue weighted by molar-refractivity contribution is 6.03. The Balaban J connectivity index is 1.34. The van der Waals surface area contributed by atoms with Gasteiger partial charge in [-0.3, -0.25) is 4.79 Å². The molecular formula is C23H26N4O3. The van der Waals surface area contributed by atoms with Crippen LogP contribution in [0.4, 0.5) is 11.4 Å². The highest BCUT2D eigenvalue weighted by atomic mass is 16.6. The Kier molecular flexibility index (Phi) is 5.27. The zero-order chi connectivity index (χ0) is 20.3. The number of nitrogens with one attached hydrogen (secondary N) is 3. The van der Waals surface area contributed by atoms with Crippen LogP contribution in [0.25, 0.3) is 0 Å². The van der Waals surface area contributed by atoms with Gasteiger partial charge >= 0.3 is 0 Å². The molecule has 2 aromatic carbocycles. The lowest BCUT2D eigenvalue weighted by molar-refractivity contribution is -0.0796. The summed E-state index contributed by atoms with van der Waals surface area (Å²) in [6, 6.07) is 13.8. The second kappa shape index (κ2) is 8.36. The minimum Gasteiger partial charge on any atom is -0.486 e. The summed E-state index contributed by atoms with van der Waals surface area (Å²) in [4.78, 5) is 16.8. The smallest absolute Gasteiger partial charge is 0.280 e. The minimum absolute atomic E-state index is 0.141. The van der Waals surface area contributed by atoms with Crippen molar-refractivity contribution in [2.75, 3.05) is 31.6 Å². The number of anilines is 2. The number of carbonyl (C=O) groups is 1. The molecule has 7 nitrogen and oxygen atoms in total. The first kappa shape index (κ1) is 18.9. The number of hydrogen-bond acceptors (Lipinski definition) is 4. The van der Waals surface area contributed by atoms with E-state index in [1.165, 1.54) is 5.56 Å². The van der Waals surface area contributed by atoms with Crippen LogP contribution in [-0.2, 0) is 4.74 Å². The van der Waals surface area contributed by atoms with Gasteiger partial charge in [-0.2, -0.15) is 4.99 Å². The Morgan fingerprint density at radius 2 is 1.93 bits per heavy atom. The maximum absolute atomic E-state index is 12.6. The van der Waals surface area contributed by atoms with Crippen LogP contribution in [0.2, 0.25) is 0 Å². The van der Waals surface area contributed by atoms with Crippen LogP contribution in [-0.4, -0.2) is 44.3 Å². The van der Waals surface area contributed by atoms with E-state index in [-0.39, 0.29) is 12.0 Å². The standard InChI is InChI=1S/C23H26N4O3/c28-22(27-23-24-9-2-10-25-23)16-7-8-21(20(11-16)15-5-6-15)26-17-3-1-4-18(12-17)30-19-13-29-14-19/h1,3-4,7-8,11-12,15,19,26H,2,5-6,9-10,13-14H2,(H2,24,25,27,28). The van der Waals surface area contributed by atoms with Gasteiger partial charge in [-0.15, -0.1) is 0 Å². The lowest BCUT2D eigenvalue weighted by Gasteiger charge is -2.26. The molecule has 156 valence electrons. The topological polar surface area (TPSA) is 84.0 Å². The monoisotopic (exact) mass is 406 g/mol. The van der Waals surface area contributed by atoms with E-state index in [0.29, 0.717) is 30.7 Å². The van der Waals surface area contributed by atoms with E-state index in [4.69, 9.17) is 9.47 Å². The summed E-state index contributed by atoms with van der Waals surface area (Å²) in [5.74, 6) is 1.66. The van der Waals surface area contributed by atoms with Crippen molar-refractivity contribution in [1.82, 2.24) is 10.6 Å². The van der Waals surface area contributed by atoms with E-state index in [0.717, 1.165) is 49.5 Å². The van der Waals surface area contributed by atoms with E-state index in [1.807, 2.05) is 42.5 Å². The van der Waals surface area contributed by atoms with Crippen LogP contribution in [0.1, 0.15) is 41.1 Å². The Bertz CT molecular complexity index is 959. The number of nitrogens with zero attached hydrogens (tertiary/aromatic N) is 1. The van der Waals surface area contributed by atoms with Crippen LogP contribution >= 0.6 is 0 Å². The molecule has 1 amide bonds. The average molecular weight is 406 g/mol. The molecule has 30 heavy (non-hydrogen) atoms. The summed E-state index contributed by atoms with van der Waals surface area (Å²) >= 11 is 0. The zero-order valence-electron chi connectivity index (χ0n) is 16.8. The zero-order valence-corrected chi connectivity index (χ0v) is 16.8. The first-order valence-electron chi connectivity index (χ1n) is 10.6. The summed E-state index contributed by atoms with van der Waals surface area (Å²) in [6.07, 6.45) is 3.46. The van der Waals surface area contributed by atoms with Crippen molar-refractivity contribution in [3.63, 3.8) is 0 Å². The highest BCUT2D eigenvalue weighted by Crippen LogP contribution is 2.44. The van der Waals surface area contributed by atoms with Gasteiger partial charge in [-0.05, 0) is 61.1 Å². The average Bonchev–Trinajstić information content (AvgIpc) is 3.57. The van der Waals surface area contributed by atoms with E-state index in [1.54, 1.807) is 0 Å². The van der Waals surface area contributed by atoms with E-state index < -0.39 is 0 Å². The van der Waals surface area contributed by atoms with Gasteiger partial charge in [0.2, 0.25) is 0 Å². The maximum atomic E-state index is 12.6. The molecule has 2 aromatic rings. The van der Waals surface area contributed by atoms with Crippen LogP contribution < -0.4 is 20.7 Å². The fourth-order valence-electron chi connectivity index (χ4n) is 3.63. The van der Waals surface area contributed by atoms with Crippen LogP contribution in [0, 0.1) is 0 Å². The van der Waals surface area contributed by atoms with Gasteiger partial charge in [0.05, 0.1) is 13.2 Å². The molecule has 2 aliphatic heterocycles. The van der Waals surface area contributed by atoms with Crippen molar-refractivity contribution in [3.8, 4) is 5.75 Å². The molecule has 7 heteroatoms. The predicted octanol–water partition coefficient (Wildman–Crippen LogP) is 3.16. The van der Waals surface area contributed by atoms with Crippen molar-refractivity contribution in [2.45, 2.75) is 31.3 Å². The molecular weight excluding hydrogens is 380 g/mol. The lowest BCUT2D eigenvalue weighted by Crippen LogP contribution is -2.44. The van der Waals surface area contributed by atoms with E-state index in [2.05, 4.69) is 20.9 Å². The Morgan fingerprint density at radius 1 is 1.10 bits per heavy atom. The molecule has 2 heterocycles. The third-order valence-electron chi connectivity index (χ3n) is 5.49. The van der Waals surface area contributed by atoms with Gasteiger partial charge in [-0.25, -0.2) is 0 Å². The van der Waals surface area contributed by atoms with Crippen molar-refractivity contribution in [2.24, 2.45) is 4.99 Å². The minimum atomic E-state index is -0.224. The summed E-state index contributed by atoms with van der Waals surface area (Å²) < 4.78 is 11.1. The molecule has 1 aliphatic carbocycles. The number of benzene rings is 2. The van der Waals surface area contributed by atoms with Crippen LogP contribution in [0.15, 0.2) is 47.5 Å². The Labute approximate surface area is 175 Å². The number of amides is 1.